The highest BCUT2D eigenvalue weighted by atomic mass is 16.5. The summed E-state index contributed by atoms with van der Waals surface area (Å²) >= 11 is 0. The molecule has 2 rings (SSSR count). The molecule has 2 aromatic carbocycles. The van der Waals surface area contributed by atoms with E-state index in [0.717, 1.165) is 22.6 Å². The number of carbonyl (C=O) groups excluding carboxylic acids is 1. The van der Waals surface area contributed by atoms with Crippen LogP contribution < -0.4 is 14.8 Å². The fourth-order valence-electron chi connectivity index (χ4n) is 2.03. The van der Waals surface area contributed by atoms with E-state index < -0.39 is 0 Å². The maximum atomic E-state index is 12.0. The van der Waals surface area contributed by atoms with Gasteiger partial charge in [0.15, 0.2) is 6.61 Å². The molecule has 0 aliphatic heterocycles. The average Bonchev–Trinajstić information content (AvgIpc) is 2.50. The third kappa shape index (κ3) is 4.52. The van der Waals surface area contributed by atoms with Crippen molar-refractivity contribution in [3.8, 4) is 11.5 Å². The second-order valence-electron chi connectivity index (χ2n) is 5.06. The minimum atomic E-state index is -0.185. The third-order valence-electron chi connectivity index (χ3n) is 3.15. The van der Waals surface area contributed by atoms with Crippen LogP contribution in [0.15, 0.2) is 42.5 Å². The van der Waals surface area contributed by atoms with E-state index in [0.29, 0.717) is 12.4 Å². The van der Waals surface area contributed by atoms with Crippen molar-refractivity contribution in [2.75, 3.05) is 18.5 Å². The number of hydrogen-bond acceptors (Lipinski definition) is 3. The van der Waals surface area contributed by atoms with Gasteiger partial charge in [-0.3, -0.25) is 4.79 Å². The van der Waals surface area contributed by atoms with Gasteiger partial charge in [-0.15, -0.1) is 0 Å². The largest absolute Gasteiger partial charge is 0.494 e. The Morgan fingerprint density at radius 3 is 2.50 bits per heavy atom. The Kier molecular flexibility index (Phi) is 5.42. The Balaban J connectivity index is 1.92. The van der Waals surface area contributed by atoms with Crippen molar-refractivity contribution in [3.63, 3.8) is 0 Å². The molecule has 0 aliphatic carbocycles. The molecule has 0 saturated heterocycles. The molecule has 116 valence electrons. The molecule has 0 atom stereocenters. The van der Waals surface area contributed by atoms with Crippen LogP contribution in [0.25, 0.3) is 0 Å². The summed E-state index contributed by atoms with van der Waals surface area (Å²) in [6.07, 6.45) is 0. The van der Waals surface area contributed by atoms with Crippen LogP contribution in [0.5, 0.6) is 11.5 Å². The molecule has 1 amide bonds. The van der Waals surface area contributed by atoms with Crippen molar-refractivity contribution >= 4 is 11.6 Å². The van der Waals surface area contributed by atoms with Crippen molar-refractivity contribution in [1.82, 2.24) is 0 Å². The molecule has 4 nitrogen and oxygen atoms in total. The zero-order valence-corrected chi connectivity index (χ0v) is 13.2. The standard InChI is InChI=1S/C18H21NO3/c1-4-21-15-6-5-7-16(11-15)22-12-18(20)19-17-10-13(2)8-9-14(17)3/h5-11H,4,12H2,1-3H3,(H,19,20). The van der Waals surface area contributed by atoms with E-state index in [1.54, 1.807) is 12.1 Å². The Morgan fingerprint density at radius 2 is 1.77 bits per heavy atom. The summed E-state index contributed by atoms with van der Waals surface area (Å²) in [6.45, 7) is 6.43. The van der Waals surface area contributed by atoms with Gasteiger partial charge in [0, 0.05) is 11.8 Å². The second kappa shape index (κ2) is 7.50. The third-order valence-corrected chi connectivity index (χ3v) is 3.15. The van der Waals surface area contributed by atoms with Crippen LogP contribution in [0, 0.1) is 13.8 Å². The lowest BCUT2D eigenvalue weighted by Crippen LogP contribution is -2.20. The van der Waals surface area contributed by atoms with Gasteiger partial charge in [0.1, 0.15) is 11.5 Å². The molecule has 0 aliphatic rings. The van der Waals surface area contributed by atoms with Gasteiger partial charge in [0.05, 0.1) is 6.61 Å². The fraction of sp³-hybridized carbons (Fsp3) is 0.278. The Morgan fingerprint density at radius 1 is 1.05 bits per heavy atom. The molecule has 0 unspecified atom stereocenters. The first kappa shape index (κ1) is 15.9. The number of aryl methyl sites for hydroxylation is 2. The van der Waals surface area contributed by atoms with E-state index in [1.165, 1.54) is 0 Å². The average molecular weight is 299 g/mol. The van der Waals surface area contributed by atoms with E-state index in [1.807, 2.05) is 51.1 Å². The van der Waals surface area contributed by atoms with Crippen LogP contribution in [-0.4, -0.2) is 19.1 Å². The molecule has 22 heavy (non-hydrogen) atoms. The topological polar surface area (TPSA) is 47.6 Å². The zero-order valence-electron chi connectivity index (χ0n) is 13.2. The van der Waals surface area contributed by atoms with Crippen LogP contribution >= 0.6 is 0 Å². The van der Waals surface area contributed by atoms with Gasteiger partial charge in [-0.1, -0.05) is 18.2 Å². The van der Waals surface area contributed by atoms with Crippen LogP contribution in [-0.2, 0) is 4.79 Å². The number of ether oxygens (including phenoxy) is 2. The van der Waals surface area contributed by atoms with E-state index in [2.05, 4.69) is 5.32 Å². The van der Waals surface area contributed by atoms with Gasteiger partial charge in [-0.2, -0.15) is 0 Å². The molecular weight excluding hydrogens is 278 g/mol. The number of benzene rings is 2. The van der Waals surface area contributed by atoms with Crippen LogP contribution in [0.4, 0.5) is 5.69 Å². The van der Waals surface area contributed by atoms with Gasteiger partial charge >= 0.3 is 0 Å². The molecule has 0 spiro atoms. The quantitative estimate of drug-likeness (QED) is 0.884. The Bertz CT molecular complexity index is 653. The summed E-state index contributed by atoms with van der Waals surface area (Å²) < 4.78 is 10.9. The SMILES string of the molecule is CCOc1cccc(OCC(=O)Nc2cc(C)ccc2C)c1. The van der Waals surface area contributed by atoms with Crippen molar-refractivity contribution < 1.29 is 14.3 Å². The van der Waals surface area contributed by atoms with Crippen LogP contribution in [0.1, 0.15) is 18.1 Å². The maximum Gasteiger partial charge on any atom is 0.262 e. The molecular formula is C18H21NO3. The number of nitrogens with one attached hydrogen (secondary N) is 1. The molecule has 0 aromatic heterocycles. The van der Waals surface area contributed by atoms with Crippen LogP contribution in [0.2, 0.25) is 0 Å². The lowest BCUT2D eigenvalue weighted by atomic mass is 10.1. The summed E-state index contributed by atoms with van der Waals surface area (Å²) in [5, 5.41) is 2.87. The van der Waals surface area contributed by atoms with E-state index in [9.17, 15) is 4.79 Å². The highest BCUT2D eigenvalue weighted by Crippen LogP contribution is 2.20. The van der Waals surface area contributed by atoms with Crippen molar-refractivity contribution in [2.45, 2.75) is 20.8 Å². The van der Waals surface area contributed by atoms with Crippen molar-refractivity contribution in [3.05, 3.63) is 53.6 Å². The number of rotatable bonds is 6. The number of amides is 1. The maximum absolute atomic E-state index is 12.0. The summed E-state index contributed by atoms with van der Waals surface area (Å²) in [7, 11) is 0. The van der Waals surface area contributed by atoms with E-state index in [-0.39, 0.29) is 12.5 Å². The normalized spacial score (nSPS) is 10.1. The molecule has 2 aromatic rings. The minimum absolute atomic E-state index is 0.0387. The lowest BCUT2D eigenvalue weighted by molar-refractivity contribution is -0.118. The summed E-state index contributed by atoms with van der Waals surface area (Å²) in [5.74, 6) is 1.16. The molecule has 0 fully saturated rings. The summed E-state index contributed by atoms with van der Waals surface area (Å²) in [4.78, 5) is 12.0. The zero-order chi connectivity index (χ0) is 15.9. The highest BCUT2D eigenvalue weighted by Gasteiger charge is 2.06. The monoisotopic (exact) mass is 299 g/mol. The van der Waals surface area contributed by atoms with Gasteiger partial charge in [-0.05, 0) is 50.1 Å². The highest BCUT2D eigenvalue weighted by molar-refractivity contribution is 5.92. The summed E-state index contributed by atoms with van der Waals surface area (Å²) in [6, 6.07) is 13.2. The smallest absolute Gasteiger partial charge is 0.262 e. The number of anilines is 1. The van der Waals surface area contributed by atoms with E-state index >= 15 is 0 Å². The van der Waals surface area contributed by atoms with Crippen molar-refractivity contribution in [1.29, 1.82) is 0 Å². The van der Waals surface area contributed by atoms with Gasteiger partial charge in [0.25, 0.3) is 5.91 Å². The molecule has 0 saturated carbocycles. The minimum Gasteiger partial charge on any atom is -0.494 e. The molecule has 0 radical (unpaired) electrons. The first-order chi connectivity index (χ1) is 10.6. The Labute approximate surface area is 131 Å². The molecule has 4 heteroatoms. The fourth-order valence-corrected chi connectivity index (χ4v) is 2.03. The summed E-state index contributed by atoms with van der Waals surface area (Å²) in [5.41, 5.74) is 2.94. The van der Waals surface area contributed by atoms with E-state index in [4.69, 9.17) is 9.47 Å². The van der Waals surface area contributed by atoms with Gasteiger partial charge in [-0.25, -0.2) is 0 Å². The molecule has 0 heterocycles. The number of hydrogen-bond donors (Lipinski definition) is 1. The predicted molar refractivity (Wildman–Crippen MR) is 87.7 cm³/mol. The number of carbonyl (C=O) groups is 1. The van der Waals surface area contributed by atoms with Gasteiger partial charge in [0.2, 0.25) is 0 Å². The van der Waals surface area contributed by atoms with Gasteiger partial charge < -0.3 is 14.8 Å². The van der Waals surface area contributed by atoms with Crippen LogP contribution in [0.3, 0.4) is 0 Å². The molecule has 0 bridgehead atoms. The predicted octanol–water partition coefficient (Wildman–Crippen LogP) is 3.72. The Hall–Kier alpha value is -2.49. The second-order valence-corrected chi connectivity index (χ2v) is 5.06. The lowest BCUT2D eigenvalue weighted by Gasteiger charge is -2.11. The first-order valence-corrected chi connectivity index (χ1v) is 7.31. The first-order valence-electron chi connectivity index (χ1n) is 7.31. The molecule has 1 N–H and O–H groups in total. The van der Waals surface area contributed by atoms with Crippen molar-refractivity contribution in [2.24, 2.45) is 0 Å².